The molecular formula is C21H23F3IN3O2. The van der Waals surface area contributed by atoms with E-state index >= 15 is 0 Å². The van der Waals surface area contributed by atoms with Crippen LogP contribution >= 0.6 is 22.6 Å². The number of anilines is 2. The van der Waals surface area contributed by atoms with Crippen LogP contribution in [0.15, 0.2) is 30.3 Å². The number of aliphatic hydroxyl groups is 1. The van der Waals surface area contributed by atoms with Crippen LogP contribution < -0.4 is 5.32 Å². The lowest BCUT2D eigenvalue weighted by atomic mass is 9.92. The van der Waals surface area contributed by atoms with Crippen molar-refractivity contribution in [3.63, 3.8) is 0 Å². The molecule has 2 aromatic rings. The molecule has 1 fully saturated rings. The Morgan fingerprint density at radius 3 is 2.43 bits per heavy atom. The summed E-state index contributed by atoms with van der Waals surface area (Å²) in [7, 11) is 0. The predicted octanol–water partition coefficient (Wildman–Crippen LogP) is 3.98. The molecule has 1 heterocycles. The Morgan fingerprint density at radius 2 is 1.83 bits per heavy atom. The van der Waals surface area contributed by atoms with Crippen molar-refractivity contribution in [2.24, 2.45) is 0 Å². The third-order valence-corrected chi connectivity index (χ3v) is 5.86. The van der Waals surface area contributed by atoms with E-state index in [1.54, 1.807) is 6.07 Å². The van der Waals surface area contributed by atoms with E-state index in [0.29, 0.717) is 10.1 Å². The first-order valence-corrected chi connectivity index (χ1v) is 10.7. The molecule has 0 saturated carbocycles. The number of likely N-dealkylation sites (tertiary alicyclic amines) is 1. The number of nitrogens with one attached hydrogen (secondary N) is 1. The molecule has 0 aromatic heterocycles. The van der Waals surface area contributed by atoms with Gasteiger partial charge in [-0.05, 0) is 66.0 Å². The molecule has 0 radical (unpaired) electrons. The largest absolute Gasteiger partial charge is 0.385 e. The molecule has 162 valence electrons. The van der Waals surface area contributed by atoms with Gasteiger partial charge in [-0.15, -0.1) is 0 Å². The van der Waals surface area contributed by atoms with Gasteiger partial charge in [0.25, 0.3) is 5.91 Å². The molecule has 2 aromatic carbocycles. The van der Waals surface area contributed by atoms with Gasteiger partial charge < -0.3 is 20.2 Å². The maximum Gasteiger partial charge on any atom is 0.256 e. The predicted molar refractivity (Wildman–Crippen MR) is 117 cm³/mol. The maximum absolute atomic E-state index is 14.5. The van der Waals surface area contributed by atoms with Gasteiger partial charge in [0.2, 0.25) is 0 Å². The number of carbonyl (C=O) groups is 1. The molecule has 30 heavy (non-hydrogen) atoms. The number of halogens is 4. The van der Waals surface area contributed by atoms with E-state index in [2.05, 4.69) is 5.32 Å². The monoisotopic (exact) mass is 533 g/mol. The van der Waals surface area contributed by atoms with E-state index < -0.39 is 34.6 Å². The molecule has 1 aliphatic rings. The first-order chi connectivity index (χ1) is 14.2. The lowest BCUT2D eigenvalue weighted by Crippen LogP contribution is -2.67. The Kier molecular flexibility index (Phi) is 6.93. The summed E-state index contributed by atoms with van der Waals surface area (Å²) in [6.07, 6.45) is 0. The van der Waals surface area contributed by atoms with Crippen LogP contribution in [0.1, 0.15) is 24.2 Å². The second kappa shape index (κ2) is 9.11. The molecular weight excluding hydrogens is 510 g/mol. The van der Waals surface area contributed by atoms with E-state index in [4.69, 9.17) is 0 Å². The van der Waals surface area contributed by atoms with Crippen LogP contribution in [0.4, 0.5) is 24.5 Å². The molecule has 9 heteroatoms. The highest BCUT2D eigenvalue weighted by Crippen LogP contribution is 2.32. The third kappa shape index (κ3) is 4.73. The molecule has 0 bridgehead atoms. The fourth-order valence-electron chi connectivity index (χ4n) is 3.52. The Morgan fingerprint density at radius 1 is 1.17 bits per heavy atom. The van der Waals surface area contributed by atoms with Crippen molar-refractivity contribution in [2.45, 2.75) is 19.4 Å². The van der Waals surface area contributed by atoms with Gasteiger partial charge in [-0.25, -0.2) is 13.2 Å². The van der Waals surface area contributed by atoms with Gasteiger partial charge in [-0.1, -0.05) is 13.8 Å². The number of likely N-dealkylation sites (N-methyl/N-ethyl adjacent to an activating group) is 1. The van der Waals surface area contributed by atoms with Gasteiger partial charge in [0, 0.05) is 10.1 Å². The Labute approximate surface area is 187 Å². The minimum atomic E-state index is -1.27. The number of benzene rings is 2. The molecule has 0 spiro atoms. The van der Waals surface area contributed by atoms with Gasteiger partial charge >= 0.3 is 0 Å². The third-order valence-electron chi connectivity index (χ3n) is 5.19. The summed E-state index contributed by atoms with van der Waals surface area (Å²) in [5.74, 6) is -3.63. The minimum Gasteiger partial charge on any atom is -0.385 e. The molecule has 5 nitrogen and oxygen atoms in total. The maximum atomic E-state index is 14.5. The van der Waals surface area contributed by atoms with E-state index in [9.17, 15) is 23.1 Å². The van der Waals surface area contributed by atoms with E-state index in [-0.39, 0.29) is 24.3 Å². The average molecular weight is 533 g/mol. The van der Waals surface area contributed by atoms with Gasteiger partial charge in [-0.3, -0.25) is 4.79 Å². The van der Waals surface area contributed by atoms with Crippen LogP contribution in [-0.4, -0.2) is 59.1 Å². The molecule has 0 aliphatic carbocycles. The van der Waals surface area contributed by atoms with Crippen molar-refractivity contribution in [3.8, 4) is 0 Å². The van der Waals surface area contributed by atoms with Gasteiger partial charge in [0.05, 0.1) is 30.0 Å². The van der Waals surface area contributed by atoms with Crippen molar-refractivity contribution in [3.05, 3.63) is 56.9 Å². The number of nitrogens with zero attached hydrogens (tertiary/aromatic N) is 2. The van der Waals surface area contributed by atoms with Crippen LogP contribution in [0, 0.1) is 21.0 Å². The molecule has 0 unspecified atom stereocenters. The van der Waals surface area contributed by atoms with E-state index in [0.717, 1.165) is 25.2 Å². The SMILES string of the molecule is CCN(CC)CC1(O)CN(C(=O)c2ccc(F)c(F)c2Nc2ccc(I)cc2F)C1. The Balaban J connectivity index is 1.83. The molecule has 1 saturated heterocycles. The van der Waals surface area contributed by atoms with Crippen LogP contribution in [0.2, 0.25) is 0 Å². The summed E-state index contributed by atoms with van der Waals surface area (Å²) in [5.41, 5.74) is -1.68. The second-order valence-corrected chi connectivity index (χ2v) is 8.63. The summed E-state index contributed by atoms with van der Waals surface area (Å²) in [5, 5.41) is 13.2. The number of carbonyl (C=O) groups excluding carboxylic acids is 1. The zero-order valence-corrected chi connectivity index (χ0v) is 18.8. The van der Waals surface area contributed by atoms with Crippen LogP contribution in [-0.2, 0) is 0 Å². The fourth-order valence-corrected chi connectivity index (χ4v) is 3.97. The Hall–Kier alpha value is -1.85. The lowest BCUT2D eigenvalue weighted by molar-refractivity contribution is -0.0965. The lowest BCUT2D eigenvalue weighted by Gasteiger charge is -2.48. The number of hydrogen-bond donors (Lipinski definition) is 2. The molecule has 0 atom stereocenters. The quantitative estimate of drug-likeness (QED) is 0.529. The average Bonchev–Trinajstić information content (AvgIpc) is 2.69. The van der Waals surface area contributed by atoms with Gasteiger partial charge in [0.1, 0.15) is 11.4 Å². The Bertz CT molecular complexity index is 947. The number of rotatable bonds is 7. The zero-order chi connectivity index (χ0) is 22.1. The molecule has 1 amide bonds. The summed E-state index contributed by atoms with van der Waals surface area (Å²) in [4.78, 5) is 16.3. The van der Waals surface area contributed by atoms with Crippen LogP contribution in [0.3, 0.4) is 0 Å². The topological polar surface area (TPSA) is 55.8 Å². The summed E-state index contributed by atoms with van der Waals surface area (Å²) in [6, 6.07) is 6.26. The highest BCUT2D eigenvalue weighted by Gasteiger charge is 2.45. The van der Waals surface area contributed by atoms with Gasteiger partial charge in [-0.2, -0.15) is 0 Å². The van der Waals surface area contributed by atoms with Crippen molar-refractivity contribution in [1.29, 1.82) is 0 Å². The molecule has 3 rings (SSSR count). The van der Waals surface area contributed by atoms with E-state index in [1.165, 1.54) is 17.0 Å². The highest BCUT2D eigenvalue weighted by atomic mass is 127. The standard InChI is InChI=1S/C21H23F3IN3O2/c1-3-27(4-2)10-21(30)11-28(12-21)20(29)14-6-7-15(22)18(24)19(14)26-17-8-5-13(25)9-16(17)23/h5-9,26,30H,3-4,10-12H2,1-2H3. The van der Waals surface area contributed by atoms with Crippen LogP contribution in [0.5, 0.6) is 0 Å². The molecule has 2 N–H and O–H groups in total. The second-order valence-electron chi connectivity index (χ2n) is 7.38. The zero-order valence-electron chi connectivity index (χ0n) is 16.7. The minimum absolute atomic E-state index is 0.0735. The first kappa shape index (κ1) is 22.8. The number of amides is 1. The number of hydrogen-bond acceptors (Lipinski definition) is 4. The van der Waals surface area contributed by atoms with Gasteiger partial charge in [0.15, 0.2) is 11.6 Å². The van der Waals surface area contributed by atoms with Crippen molar-refractivity contribution >= 4 is 39.9 Å². The van der Waals surface area contributed by atoms with Crippen LogP contribution in [0.25, 0.3) is 0 Å². The van der Waals surface area contributed by atoms with Crippen molar-refractivity contribution in [1.82, 2.24) is 9.80 Å². The normalized spacial score (nSPS) is 15.3. The van der Waals surface area contributed by atoms with Crippen molar-refractivity contribution in [2.75, 3.05) is 38.0 Å². The summed E-state index contributed by atoms with van der Waals surface area (Å²) in [6.45, 7) is 6.09. The van der Waals surface area contributed by atoms with E-state index in [1.807, 2.05) is 41.3 Å². The summed E-state index contributed by atoms with van der Waals surface area (Å²) < 4.78 is 43.2. The smallest absolute Gasteiger partial charge is 0.256 e. The first-order valence-electron chi connectivity index (χ1n) is 9.61. The number of β-amino-alcohol motifs (C(OH)–C–C–N with tert-alkyl or cyclic N) is 1. The fraction of sp³-hybridized carbons (Fsp3) is 0.381. The van der Waals surface area contributed by atoms with Crippen molar-refractivity contribution < 1.29 is 23.1 Å². The summed E-state index contributed by atoms with van der Waals surface area (Å²) >= 11 is 1.93. The molecule has 1 aliphatic heterocycles. The highest BCUT2D eigenvalue weighted by molar-refractivity contribution is 14.1.